The third-order valence-corrected chi connectivity index (χ3v) is 10.3. The number of hydrogen-bond donors (Lipinski definition) is 1. The molecule has 3 unspecified atom stereocenters. The highest BCUT2D eigenvalue weighted by molar-refractivity contribution is 5.27. The maximum atomic E-state index is 12.3. The van der Waals surface area contributed by atoms with Crippen molar-refractivity contribution < 1.29 is 14.3 Å². The van der Waals surface area contributed by atoms with Gasteiger partial charge in [-0.25, -0.2) is 4.79 Å². The van der Waals surface area contributed by atoms with Gasteiger partial charge in [0.25, 0.3) is 0 Å². The molecule has 30 heavy (non-hydrogen) atoms. The molecule has 4 saturated carbocycles. The van der Waals surface area contributed by atoms with Crippen molar-refractivity contribution in [3.05, 3.63) is 34.4 Å². The molecule has 1 N–H and O–H groups in total. The molecule has 5 rings (SSSR count). The van der Waals surface area contributed by atoms with Crippen LogP contribution in [0.2, 0.25) is 0 Å². The van der Waals surface area contributed by atoms with Crippen LogP contribution in [0.15, 0.2) is 27.6 Å². The van der Waals surface area contributed by atoms with E-state index in [0.717, 1.165) is 43.8 Å². The van der Waals surface area contributed by atoms with Crippen molar-refractivity contribution >= 4 is 0 Å². The number of hydrogen-bond acceptors (Lipinski definition) is 4. The summed E-state index contributed by atoms with van der Waals surface area (Å²) < 4.78 is 11.2. The van der Waals surface area contributed by atoms with Gasteiger partial charge in [-0.05, 0) is 105 Å². The summed E-state index contributed by atoms with van der Waals surface area (Å²) >= 11 is 0. The summed E-state index contributed by atoms with van der Waals surface area (Å²) in [7, 11) is 0. The molecule has 4 fully saturated rings. The average molecular weight is 415 g/mol. The fourth-order valence-electron chi connectivity index (χ4n) is 8.67. The smallest absolute Gasteiger partial charge is 0.335 e. The van der Waals surface area contributed by atoms with Crippen LogP contribution in [-0.4, -0.2) is 23.4 Å². The SMILES string of the molecule is CCO[C@H]1CC[C@]2(C)C3CC[C@]4(C)C(c5ccc(=O)oc5)CC[C@]4(O)C3CC[C@@H]2C1. The summed E-state index contributed by atoms with van der Waals surface area (Å²) in [6.45, 7) is 7.77. The zero-order valence-electron chi connectivity index (χ0n) is 18.9. The van der Waals surface area contributed by atoms with Gasteiger partial charge in [-0.2, -0.15) is 0 Å². The minimum absolute atomic E-state index is 0.139. The van der Waals surface area contributed by atoms with Crippen molar-refractivity contribution in [1.82, 2.24) is 0 Å². The third kappa shape index (κ3) is 2.82. The molecule has 8 atom stereocenters. The van der Waals surface area contributed by atoms with Crippen LogP contribution in [0.25, 0.3) is 0 Å². The Morgan fingerprint density at radius 3 is 2.63 bits per heavy atom. The molecule has 4 aliphatic carbocycles. The summed E-state index contributed by atoms with van der Waals surface area (Å²) in [4.78, 5) is 11.5. The number of ether oxygens (including phenoxy) is 1. The summed E-state index contributed by atoms with van der Waals surface area (Å²) in [5.74, 6) is 2.01. The Labute approximate surface area is 180 Å². The van der Waals surface area contributed by atoms with Crippen LogP contribution < -0.4 is 5.63 Å². The van der Waals surface area contributed by atoms with Crippen molar-refractivity contribution in [2.24, 2.45) is 28.6 Å². The van der Waals surface area contributed by atoms with E-state index in [2.05, 4.69) is 20.8 Å². The second-order valence-corrected chi connectivity index (χ2v) is 11.2. The van der Waals surface area contributed by atoms with Crippen LogP contribution in [-0.2, 0) is 4.74 Å². The lowest BCUT2D eigenvalue weighted by Gasteiger charge is -2.63. The van der Waals surface area contributed by atoms with Crippen molar-refractivity contribution in [2.75, 3.05) is 6.61 Å². The van der Waals surface area contributed by atoms with Crippen LogP contribution in [0.1, 0.15) is 90.0 Å². The van der Waals surface area contributed by atoms with Gasteiger partial charge in [0.1, 0.15) is 0 Å². The number of aliphatic hydroxyl groups is 1. The number of rotatable bonds is 3. The zero-order chi connectivity index (χ0) is 21.1. The maximum absolute atomic E-state index is 12.3. The van der Waals surface area contributed by atoms with E-state index in [4.69, 9.17) is 9.15 Å². The summed E-state index contributed by atoms with van der Waals surface area (Å²) in [6, 6.07) is 3.46. The molecule has 166 valence electrons. The van der Waals surface area contributed by atoms with Gasteiger partial charge in [-0.1, -0.05) is 13.8 Å². The van der Waals surface area contributed by atoms with E-state index in [1.165, 1.54) is 38.2 Å². The average Bonchev–Trinajstić information content (AvgIpc) is 3.01. The van der Waals surface area contributed by atoms with E-state index < -0.39 is 5.60 Å². The number of fused-ring (bicyclic) bond motifs is 5. The Morgan fingerprint density at radius 2 is 1.90 bits per heavy atom. The first kappa shape index (κ1) is 20.8. The highest BCUT2D eigenvalue weighted by Crippen LogP contribution is 2.70. The summed E-state index contributed by atoms with van der Waals surface area (Å²) in [5, 5.41) is 12.3. The molecule has 0 aromatic carbocycles. The first-order valence-corrected chi connectivity index (χ1v) is 12.2. The first-order chi connectivity index (χ1) is 14.3. The van der Waals surface area contributed by atoms with Crippen molar-refractivity contribution in [3.63, 3.8) is 0 Å². The quantitative estimate of drug-likeness (QED) is 0.730. The van der Waals surface area contributed by atoms with Gasteiger partial charge in [0.05, 0.1) is 18.0 Å². The predicted octanol–water partition coefficient (Wildman–Crippen LogP) is 5.29. The molecule has 4 heteroatoms. The first-order valence-electron chi connectivity index (χ1n) is 12.2. The van der Waals surface area contributed by atoms with E-state index in [0.29, 0.717) is 23.4 Å². The van der Waals surface area contributed by atoms with E-state index in [1.807, 2.05) is 6.07 Å². The van der Waals surface area contributed by atoms with Gasteiger partial charge in [0, 0.05) is 18.1 Å². The maximum Gasteiger partial charge on any atom is 0.335 e. The van der Waals surface area contributed by atoms with E-state index >= 15 is 0 Å². The molecule has 0 aliphatic heterocycles. The van der Waals surface area contributed by atoms with Crippen LogP contribution in [0.4, 0.5) is 0 Å². The standard InChI is InChI=1S/C26H38O4/c1-4-29-19-9-12-24(2)18(15-19)6-7-22-21(24)10-13-25(3)20(11-14-26(22,25)28)17-5-8-23(27)30-16-17/h5,8,16,18-22,28H,4,6-7,9-15H2,1-3H3/t18-,19+,20?,21?,22?,24+,25-,26+/m1/s1. The molecular weight excluding hydrogens is 376 g/mol. The topological polar surface area (TPSA) is 59.7 Å². The molecule has 4 aliphatic rings. The lowest BCUT2D eigenvalue weighted by atomic mass is 9.43. The Kier molecular flexibility index (Phi) is 4.98. The van der Waals surface area contributed by atoms with E-state index in [1.54, 1.807) is 6.26 Å². The largest absolute Gasteiger partial charge is 0.431 e. The molecule has 0 bridgehead atoms. The normalized spacial score (nSPS) is 47.9. The molecule has 0 radical (unpaired) electrons. The zero-order valence-corrected chi connectivity index (χ0v) is 18.9. The lowest BCUT2D eigenvalue weighted by Crippen LogP contribution is -2.62. The fraction of sp³-hybridized carbons (Fsp3) is 0.808. The van der Waals surface area contributed by atoms with Crippen molar-refractivity contribution in [2.45, 2.75) is 96.2 Å². The Balaban J connectivity index is 1.43. The molecule has 0 saturated heterocycles. The monoisotopic (exact) mass is 414 g/mol. The molecular formula is C26H38O4. The Hall–Kier alpha value is -1.13. The van der Waals surface area contributed by atoms with Gasteiger partial charge in [-0.15, -0.1) is 0 Å². The summed E-state index contributed by atoms with van der Waals surface area (Å²) in [5.41, 5.74) is 0.380. The third-order valence-electron chi connectivity index (χ3n) is 10.3. The van der Waals surface area contributed by atoms with Crippen molar-refractivity contribution in [3.8, 4) is 0 Å². The molecule has 4 nitrogen and oxygen atoms in total. The fourth-order valence-corrected chi connectivity index (χ4v) is 8.67. The van der Waals surface area contributed by atoms with Gasteiger partial charge in [-0.3, -0.25) is 0 Å². The molecule has 0 spiro atoms. The molecule has 0 amide bonds. The molecule has 1 heterocycles. The second kappa shape index (κ2) is 7.20. The Bertz CT molecular complexity index is 827. The minimum atomic E-state index is -0.610. The van der Waals surface area contributed by atoms with Gasteiger partial charge < -0.3 is 14.3 Å². The Morgan fingerprint density at radius 1 is 1.07 bits per heavy atom. The minimum Gasteiger partial charge on any atom is -0.431 e. The second-order valence-electron chi connectivity index (χ2n) is 11.2. The van der Waals surface area contributed by atoms with E-state index in [-0.39, 0.29) is 17.0 Å². The van der Waals surface area contributed by atoms with Gasteiger partial charge in [0.2, 0.25) is 0 Å². The highest BCUT2D eigenvalue weighted by atomic mass is 16.5. The van der Waals surface area contributed by atoms with Crippen LogP contribution >= 0.6 is 0 Å². The van der Waals surface area contributed by atoms with E-state index in [9.17, 15) is 9.90 Å². The highest BCUT2D eigenvalue weighted by Gasteiger charge is 2.67. The van der Waals surface area contributed by atoms with Gasteiger partial charge in [0.15, 0.2) is 0 Å². The summed E-state index contributed by atoms with van der Waals surface area (Å²) in [6.07, 6.45) is 12.2. The molecule has 1 aromatic rings. The molecule has 1 aromatic heterocycles. The lowest BCUT2D eigenvalue weighted by molar-refractivity contribution is -0.207. The van der Waals surface area contributed by atoms with Crippen molar-refractivity contribution in [1.29, 1.82) is 0 Å². The van der Waals surface area contributed by atoms with Crippen LogP contribution in [0.3, 0.4) is 0 Å². The predicted molar refractivity (Wildman–Crippen MR) is 116 cm³/mol. The van der Waals surface area contributed by atoms with Crippen LogP contribution in [0.5, 0.6) is 0 Å². The van der Waals surface area contributed by atoms with Gasteiger partial charge >= 0.3 is 5.63 Å². The van der Waals surface area contributed by atoms with Crippen LogP contribution in [0, 0.1) is 28.6 Å².